The smallest absolute Gasteiger partial charge is 0.226 e. The van der Waals surface area contributed by atoms with Crippen LogP contribution in [0.2, 0.25) is 0 Å². The molecular weight excluding hydrogens is 322 g/mol. The maximum Gasteiger partial charge on any atom is 0.226 e. The van der Waals surface area contributed by atoms with Gasteiger partial charge in [-0.1, -0.05) is 18.5 Å². The first-order valence-corrected chi connectivity index (χ1v) is 9.23. The molecule has 8 heteroatoms. The monoisotopic (exact) mass is 355 g/mol. The van der Waals surface area contributed by atoms with Crippen LogP contribution in [0.15, 0.2) is 9.52 Å². The lowest BCUT2D eigenvalue weighted by molar-refractivity contribution is 0.0487. The Labute approximate surface area is 150 Å². The van der Waals surface area contributed by atoms with E-state index in [4.69, 9.17) is 14.0 Å². The van der Waals surface area contributed by atoms with Crippen molar-refractivity contribution >= 4 is 5.96 Å². The Morgan fingerprint density at radius 1 is 1.08 bits per heavy atom. The first-order valence-electron chi connectivity index (χ1n) is 9.23. The van der Waals surface area contributed by atoms with Crippen LogP contribution in [0.5, 0.6) is 0 Å². The molecule has 2 N–H and O–H groups in total. The molecule has 0 aliphatic heterocycles. The summed E-state index contributed by atoms with van der Waals surface area (Å²) in [6.45, 7) is 11.0. The highest BCUT2D eigenvalue weighted by Crippen LogP contribution is 1.99. The van der Waals surface area contributed by atoms with Gasteiger partial charge in [0.15, 0.2) is 11.8 Å². The van der Waals surface area contributed by atoms with E-state index in [9.17, 15) is 0 Å². The van der Waals surface area contributed by atoms with Crippen LogP contribution in [0.4, 0.5) is 0 Å². The third-order valence-electron chi connectivity index (χ3n) is 3.29. The van der Waals surface area contributed by atoms with Gasteiger partial charge in [0.05, 0.1) is 19.8 Å². The van der Waals surface area contributed by atoms with E-state index in [1.54, 1.807) is 0 Å². The maximum atomic E-state index is 5.53. The number of nitrogens with one attached hydrogen (secondary N) is 2. The van der Waals surface area contributed by atoms with Crippen molar-refractivity contribution in [2.45, 2.75) is 46.5 Å². The van der Waals surface area contributed by atoms with Crippen LogP contribution < -0.4 is 10.6 Å². The number of hydrogen-bond donors (Lipinski definition) is 2. The molecule has 25 heavy (non-hydrogen) atoms. The second-order valence-corrected chi connectivity index (χ2v) is 5.60. The van der Waals surface area contributed by atoms with Crippen LogP contribution in [-0.4, -0.2) is 62.2 Å². The van der Waals surface area contributed by atoms with Crippen LogP contribution >= 0.6 is 0 Å². The number of ether oxygens (including phenoxy) is 2. The van der Waals surface area contributed by atoms with E-state index in [0.29, 0.717) is 44.6 Å². The summed E-state index contributed by atoms with van der Waals surface area (Å²) in [6, 6.07) is 0. The molecule has 0 radical (unpaired) electrons. The minimum absolute atomic E-state index is 0.628. The van der Waals surface area contributed by atoms with Crippen LogP contribution in [-0.2, 0) is 15.9 Å². The molecule has 0 fully saturated rings. The van der Waals surface area contributed by atoms with Crippen LogP contribution in [0, 0.1) is 6.92 Å². The van der Waals surface area contributed by atoms with Gasteiger partial charge < -0.3 is 24.6 Å². The van der Waals surface area contributed by atoms with Crippen molar-refractivity contribution in [3.05, 3.63) is 11.7 Å². The highest BCUT2D eigenvalue weighted by Gasteiger charge is 2.02. The van der Waals surface area contributed by atoms with Crippen LogP contribution in [0.1, 0.15) is 44.8 Å². The number of aromatic nitrogens is 2. The second kappa shape index (κ2) is 14.7. The quantitative estimate of drug-likeness (QED) is 0.298. The van der Waals surface area contributed by atoms with E-state index in [1.807, 2.05) is 13.8 Å². The Morgan fingerprint density at radius 3 is 2.56 bits per heavy atom. The zero-order valence-corrected chi connectivity index (χ0v) is 15.8. The number of hydrogen-bond acceptors (Lipinski definition) is 6. The molecule has 0 saturated heterocycles. The number of unbranched alkanes of at least 4 members (excludes halogenated alkanes) is 1. The molecule has 0 bridgehead atoms. The molecule has 144 valence electrons. The van der Waals surface area contributed by atoms with Crippen molar-refractivity contribution in [3.8, 4) is 0 Å². The molecular formula is C17H33N5O3. The Balaban J connectivity index is 2.07. The predicted octanol–water partition coefficient (Wildman–Crippen LogP) is 1.70. The molecule has 8 nitrogen and oxygen atoms in total. The molecule has 0 aromatic carbocycles. The average molecular weight is 355 g/mol. The number of guanidine groups is 1. The van der Waals surface area contributed by atoms with E-state index >= 15 is 0 Å². The average Bonchev–Trinajstić information content (AvgIpc) is 3.02. The summed E-state index contributed by atoms with van der Waals surface area (Å²) in [4.78, 5) is 8.71. The topological polar surface area (TPSA) is 93.8 Å². The largest absolute Gasteiger partial charge is 0.379 e. The maximum absolute atomic E-state index is 5.53. The third kappa shape index (κ3) is 11.5. The minimum Gasteiger partial charge on any atom is -0.379 e. The molecule has 0 atom stereocenters. The molecule has 0 saturated carbocycles. The lowest BCUT2D eigenvalue weighted by atomic mass is 10.3. The third-order valence-corrected chi connectivity index (χ3v) is 3.29. The molecule has 1 rings (SSSR count). The zero-order valence-electron chi connectivity index (χ0n) is 15.8. The fraction of sp³-hybridized carbons (Fsp3) is 0.824. The predicted molar refractivity (Wildman–Crippen MR) is 97.9 cm³/mol. The summed E-state index contributed by atoms with van der Waals surface area (Å²) in [5, 5.41) is 10.3. The highest BCUT2D eigenvalue weighted by molar-refractivity contribution is 5.79. The lowest BCUT2D eigenvalue weighted by Crippen LogP contribution is -2.39. The Hall–Kier alpha value is -1.67. The van der Waals surface area contributed by atoms with Crippen molar-refractivity contribution < 1.29 is 14.0 Å². The standard InChI is InChI=1S/C17H33N5O3/c1-4-6-11-23-13-14-24-12-10-20-17(18-5-2)19-9-7-8-16-21-15(3)22-25-16/h4-14H2,1-3H3,(H2,18,19,20). The number of nitrogens with zero attached hydrogens (tertiary/aromatic N) is 3. The van der Waals surface area contributed by atoms with Crippen LogP contribution in [0.25, 0.3) is 0 Å². The summed E-state index contributed by atoms with van der Waals surface area (Å²) in [5.41, 5.74) is 0. The van der Waals surface area contributed by atoms with E-state index in [-0.39, 0.29) is 0 Å². The molecule has 0 amide bonds. The van der Waals surface area contributed by atoms with Gasteiger partial charge in [-0.05, 0) is 26.7 Å². The number of aryl methyl sites for hydroxylation is 2. The van der Waals surface area contributed by atoms with Crippen molar-refractivity contribution in [3.63, 3.8) is 0 Å². The van der Waals surface area contributed by atoms with E-state index in [1.165, 1.54) is 0 Å². The Morgan fingerprint density at radius 2 is 1.88 bits per heavy atom. The highest BCUT2D eigenvalue weighted by atomic mass is 16.5. The fourth-order valence-electron chi connectivity index (χ4n) is 2.01. The lowest BCUT2D eigenvalue weighted by Gasteiger charge is -2.11. The van der Waals surface area contributed by atoms with Gasteiger partial charge in [0.1, 0.15) is 0 Å². The normalized spacial score (nSPS) is 11.7. The minimum atomic E-state index is 0.628. The summed E-state index contributed by atoms with van der Waals surface area (Å²) >= 11 is 0. The summed E-state index contributed by atoms with van der Waals surface area (Å²) in [7, 11) is 0. The van der Waals surface area contributed by atoms with Gasteiger partial charge in [0.2, 0.25) is 5.89 Å². The summed E-state index contributed by atoms with van der Waals surface area (Å²) in [5.74, 6) is 2.14. The molecule has 0 aliphatic rings. The van der Waals surface area contributed by atoms with Gasteiger partial charge in [-0.15, -0.1) is 0 Å². The van der Waals surface area contributed by atoms with Crippen LogP contribution in [0.3, 0.4) is 0 Å². The molecule has 1 aromatic heterocycles. The van der Waals surface area contributed by atoms with E-state index in [2.05, 4.69) is 32.7 Å². The second-order valence-electron chi connectivity index (χ2n) is 5.60. The zero-order chi connectivity index (χ0) is 18.2. The molecule has 0 spiro atoms. The molecule has 1 heterocycles. The summed E-state index contributed by atoms with van der Waals surface area (Å²) < 4.78 is 16.1. The van der Waals surface area contributed by atoms with Crippen molar-refractivity contribution in [2.24, 2.45) is 4.99 Å². The van der Waals surface area contributed by atoms with Crippen molar-refractivity contribution in [2.75, 3.05) is 46.1 Å². The number of rotatable bonds is 14. The van der Waals surface area contributed by atoms with Crippen molar-refractivity contribution in [1.82, 2.24) is 20.8 Å². The number of aliphatic imine (C=N–C) groups is 1. The van der Waals surface area contributed by atoms with Crippen molar-refractivity contribution in [1.29, 1.82) is 0 Å². The van der Waals surface area contributed by atoms with E-state index < -0.39 is 0 Å². The van der Waals surface area contributed by atoms with E-state index in [0.717, 1.165) is 44.8 Å². The Bertz CT molecular complexity index is 465. The van der Waals surface area contributed by atoms with Gasteiger partial charge in [0.25, 0.3) is 0 Å². The van der Waals surface area contributed by atoms with Gasteiger partial charge in [-0.2, -0.15) is 4.98 Å². The first kappa shape index (κ1) is 21.4. The van der Waals surface area contributed by atoms with Gasteiger partial charge in [-0.25, -0.2) is 0 Å². The first-order chi connectivity index (χ1) is 12.3. The fourth-order valence-corrected chi connectivity index (χ4v) is 2.01. The Kier molecular flexibility index (Phi) is 12.5. The summed E-state index contributed by atoms with van der Waals surface area (Å²) in [6.07, 6.45) is 3.87. The van der Waals surface area contributed by atoms with Gasteiger partial charge in [-0.3, -0.25) is 4.99 Å². The molecule has 0 aliphatic carbocycles. The molecule has 1 aromatic rings. The van der Waals surface area contributed by atoms with Gasteiger partial charge in [0, 0.05) is 32.7 Å². The SMILES string of the molecule is CCCCOCCOCCNC(=NCCCc1nc(C)no1)NCC. The van der Waals surface area contributed by atoms with Gasteiger partial charge >= 0.3 is 0 Å². The molecule has 0 unspecified atom stereocenters.